The summed E-state index contributed by atoms with van der Waals surface area (Å²) in [4.78, 5) is 50.6. The zero-order chi connectivity index (χ0) is 20.4. The molecule has 2 rings (SSSR count). The third-order valence-electron chi connectivity index (χ3n) is 2.89. The van der Waals surface area contributed by atoms with Crippen molar-refractivity contribution in [3.63, 3.8) is 0 Å². The van der Waals surface area contributed by atoms with Crippen LogP contribution in [-0.4, -0.2) is 55.2 Å². The number of esters is 3. The van der Waals surface area contributed by atoms with Gasteiger partial charge in [0.25, 0.3) is 0 Å². The Kier molecular flexibility index (Phi) is 12.1. The second kappa shape index (κ2) is 13.1. The molecule has 0 radical (unpaired) electrons. The summed E-state index contributed by atoms with van der Waals surface area (Å²) in [6, 6.07) is 8.44. The first-order valence-electron chi connectivity index (χ1n) is 7.24. The summed E-state index contributed by atoms with van der Waals surface area (Å²) in [5.41, 5.74) is -0.182. The molecule has 0 amide bonds. The van der Waals surface area contributed by atoms with Gasteiger partial charge in [0, 0.05) is 0 Å². The van der Waals surface area contributed by atoms with Crippen molar-refractivity contribution >= 4 is 23.9 Å². The number of carbonyl (C=O) groups excluding carboxylic acids is 4. The first-order chi connectivity index (χ1) is 12.8. The number of pyridine rings is 2. The number of carbonyl (C=O) groups is 4. The molecule has 28 heavy (non-hydrogen) atoms. The van der Waals surface area contributed by atoms with Crippen LogP contribution in [0.3, 0.4) is 0 Å². The van der Waals surface area contributed by atoms with Gasteiger partial charge in [-0.2, -0.15) is 0 Å². The van der Waals surface area contributed by atoms with Crippen LogP contribution in [0.15, 0.2) is 36.4 Å². The molecule has 0 bridgehead atoms. The molecule has 0 aromatic carbocycles. The van der Waals surface area contributed by atoms with E-state index in [-0.39, 0.29) is 74.2 Å². The fourth-order valence-corrected chi connectivity index (χ4v) is 1.64. The molecule has 0 aliphatic carbocycles. The van der Waals surface area contributed by atoms with E-state index in [9.17, 15) is 24.3 Å². The largest absolute Gasteiger partial charge is 1.00 e. The third kappa shape index (κ3) is 7.82. The van der Waals surface area contributed by atoms with Gasteiger partial charge in [-0.15, -0.1) is 0 Å². The number of rotatable bonds is 4. The van der Waals surface area contributed by atoms with Crippen molar-refractivity contribution in [1.29, 1.82) is 0 Å². The van der Waals surface area contributed by atoms with Gasteiger partial charge in [0.15, 0.2) is 0 Å². The van der Waals surface area contributed by atoms with Crippen molar-refractivity contribution in [3.8, 4) is 0 Å². The summed E-state index contributed by atoms with van der Waals surface area (Å²) in [5, 5.41) is 10.3. The van der Waals surface area contributed by atoms with Gasteiger partial charge in [-0.25, -0.2) is 24.4 Å². The quantitative estimate of drug-likeness (QED) is 0.286. The summed E-state index contributed by atoms with van der Waals surface area (Å²) in [7, 11) is 3.68. The van der Waals surface area contributed by atoms with E-state index in [4.69, 9.17) is 0 Å². The number of carboxylic acid groups (broad SMARTS) is 1. The molecular formula is C17H15KN2O8. The summed E-state index contributed by atoms with van der Waals surface area (Å²) in [5.74, 6) is -3.28. The van der Waals surface area contributed by atoms with Crippen LogP contribution in [0, 0.1) is 0 Å². The molecule has 0 spiro atoms. The Morgan fingerprint density at radius 3 is 1.25 bits per heavy atom. The summed E-state index contributed by atoms with van der Waals surface area (Å²) < 4.78 is 13.3. The number of aromatic carboxylic acids is 1. The molecule has 0 saturated heterocycles. The fraction of sp³-hybridized carbons (Fsp3) is 0.176. The maximum atomic E-state index is 11.0. The molecule has 2 aromatic heterocycles. The molecule has 0 atom stereocenters. The molecule has 142 valence electrons. The van der Waals surface area contributed by atoms with E-state index in [1.807, 2.05) is 0 Å². The Bertz CT molecular complexity index is 825. The van der Waals surface area contributed by atoms with Crippen LogP contribution in [0.4, 0.5) is 0 Å². The van der Waals surface area contributed by atoms with Crippen molar-refractivity contribution in [2.45, 2.75) is 0 Å². The molecule has 2 heterocycles. The van der Waals surface area contributed by atoms with Crippen molar-refractivity contribution < 1.29 is 89.9 Å². The van der Waals surface area contributed by atoms with Gasteiger partial charge in [0.1, 0.15) is 17.1 Å². The molecule has 0 aliphatic heterocycles. The zero-order valence-corrected chi connectivity index (χ0v) is 18.7. The Labute approximate surface area is 202 Å². The van der Waals surface area contributed by atoms with E-state index in [0.29, 0.717) is 0 Å². The number of hydrogen-bond acceptors (Lipinski definition) is 10. The summed E-state index contributed by atoms with van der Waals surface area (Å²) in [6.07, 6.45) is 0. The second-order valence-electron chi connectivity index (χ2n) is 4.58. The minimum atomic E-state index is -1.43. The van der Waals surface area contributed by atoms with Gasteiger partial charge in [-0.05, 0) is 24.3 Å². The average Bonchev–Trinajstić information content (AvgIpc) is 2.72. The number of carboxylic acids is 1. The predicted octanol–water partition coefficient (Wildman–Crippen LogP) is -3.11. The molecule has 11 heteroatoms. The van der Waals surface area contributed by atoms with Crippen LogP contribution >= 0.6 is 0 Å². The normalized spacial score (nSPS) is 8.96. The predicted molar refractivity (Wildman–Crippen MR) is 86.8 cm³/mol. The first kappa shape index (κ1) is 25.8. The SMILES string of the molecule is COC(=O)c1cccc(C(=O)OC)n1.COC(=O)c1cccc(C(=O)[O-])n1.[K+]. The molecule has 2 aromatic rings. The minimum absolute atomic E-state index is 0. The van der Waals surface area contributed by atoms with Crippen LogP contribution in [0.25, 0.3) is 0 Å². The monoisotopic (exact) mass is 414 g/mol. The van der Waals surface area contributed by atoms with Crippen molar-refractivity contribution in [2.24, 2.45) is 0 Å². The van der Waals surface area contributed by atoms with Crippen LogP contribution in [-0.2, 0) is 14.2 Å². The van der Waals surface area contributed by atoms with Crippen LogP contribution in [0.5, 0.6) is 0 Å². The summed E-state index contributed by atoms with van der Waals surface area (Å²) in [6.45, 7) is 0. The average molecular weight is 414 g/mol. The van der Waals surface area contributed by atoms with E-state index in [2.05, 4.69) is 24.2 Å². The zero-order valence-electron chi connectivity index (χ0n) is 15.6. The maximum Gasteiger partial charge on any atom is 1.00 e. The van der Waals surface area contributed by atoms with E-state index in [0.717, 1.165) is 0 Å². The Balaban J connectivity index is 0.000000504. The standard InChI is InChI=1S/C9H9NO4.C8H7NO4.K/c1-13-8(11)6-4-3-5-7(10-6)9(12)14-2;1-13-8(12)6-4-2-3-5(9-6)7(10)11;/h3-5H,1-2H3;2-4H,1H3,(H,10,11);/q;;+1/p-1. The Morgan fingerprint density at radius 1 is 0.679 bits per heavy atom. The first-order valence-corrected chi connectivity index (χ1v) is 7.24. The fourth-order valence-electron chi connectivity index (χ4n) is 1.64. The van der Waals surface area contributed by atoms with Gasteiger partial charge in [0.2, 0.25) is 0 Å². The van der Waals surface area contributed by atoms with Crippen molar-refractivity contribution in [3.05, 3.63) is 59.2 Å². The van der Waals surface area contributed by atoms with Crippen LogP contribution in [0.1, 0.15) is 42.0 Å². The van der Waals surface area contributed by atoms with Gasteiger partial charge in [-0.3, -0.25) is 0 Å². The topological polar surface area (TPSA) is 145 Å². The number of ether oxygens (including phenoxy) is 3. The molecule has 0 aliphatic rings. The van der Waals surface area contributed by atoms with Gasteiger partial charge >= 0.3 is 69.3 Å². The number of nitrogens with zero attached hydrogens (tertiary/aromatic N) is 2. The maximum absolute atomic E-state index is 11.0. The minimum Gasteiger partial charge on any atom is -0.543 e. The third-order valence-corrected chi connectivity index (χ3v) is 2.89. The van der Waals surface area contributed by atoms with Crippen molar-refractivity contribution in [2.75, 3.05) is 21.3 Å². The van der Waals surface area contributed by atoms with E-state index in [1.54, 1.807) is 0 Å². The van der Waals surface area contributed by atoms with E-state index in [1.165, 1.54) is 57.7 Å². The van der Waals surface area contributed by atoms with E-state index >= 15 is 0 Å². The smallest absolute Gasteiger partial charge is 0.543 e. The van der Waals surface area contributed by atoms with Gasteiger partial charge in [0.05, 0.1) is 33.0 Å². The van der Waals surface area contributed by atoms with Gasteiger partial charge < -0.3 is 24.1 Å². The summed E-state index contributed by atoms with van der Waals surface area (Å²) >= 11 is 0. The number of aromatic nitrogens is 2. The molecule has 0 N–H and O–H groups in total. The second-order valence-corrected chi connectivity index (χ2v) is 4.58. The number of hydrogen-bond donors (Lipinski definition) is 0. The molecule has 0 saturated carbocycles. The molecule has 0 unspecified atom stereocenters. The Morgan fingerprint density at radius 2 is 0.964 bits per heavy atom. The van der Waals surface area contributed by atoms with E-state index < -0.39 is 23.9 Å². The Hall–Kier alpha value is -2.18. The molecule has 10 nitrogen and oxygen atoms in total. The van der Waals surface area contributed by atoms with Crippen LogP contribution in [0.2, 0.25) is 0 Å². The molecule has 0 fully saturated rings. The van der Waals surface area contributed by atoms with Crippen LogP contribution < -0.4 is 56.5 Å². The van der Waals surface area contributed by atoms with Crippen molar-refractivity contribution in [1.82, 2.24) is 9.97 Å². The number of methoxy groups -OCH3 is 3. The van der Waals surface area contributed by atoms with Gasteiger partial charge in [-0.1, -0.05) is 12.1 Å². The molecular weight excluding hydrogens is 399 g/mol.